The van der Waals surface area contributed by atoms with E-state index in [1.807, 2.05) is 0 Å². The third kappa shape index (κ3) is 1.80. The molecule has 7 heteroatoms. The Labute approximate surface area is 94.8 Å². The first-order valence-electron chi connectivity index (χ1n) is 4.37. The monoisotopic (exact) mass is 235 g/mol. The van der Waals surface area contributed by atoms with Gasteiger partial charge in [0.1, 0.15) is 0 Å². The molecular weight excluding hydrogens is 226 g/mol. The molecule has 0 fully saturated rings. The largest absolute Gasteiger partial charge is 0.398 e. The molecule has 0 saturated heterocycles. The Morgan fingerprint density at radius 2 is 2.12 bits per heavy atom. The highest BCUT2D eigenvalue weighted by molar-refractivity contribution is 7.20. The first-order chi connectivity index (χ1) is 7.58. The number of hydrogen-bond donors (Lipinski definition) is 3. The van der Waals surface area contributed by atoms with Crippen LogP contribution in [0, 0.1) is 0 Å². The van der Waals surface area contributed by atoms with Crippen LogP contribution in [-0.4, -0.2) is 16.9 Å². The van der Waals surface area contributed by atoms with Crippen LogP contribution in [0.25, 0.3) is 10.2 Å². The smallest absolute Gasteiger partial charge is 0.309 e. The third-order valence-corrected chi connectivity index (χ3v) is 2.97. The van der Waals surface area contributed by atoms with E-state index in [4.69, 9.17) is 17.2 Å². The highest BCUT2D eigenvalue weighted by Crippen LogP contribution is 2.27. The van der Waals surface area contributed by atoms with E-state index < -0.39 is 5.91 Å². The summed E-state index contributed by atoms with van der Waals surface area (Å²) in [6.45, 7) is 0. The molecular formula is C9H9N5OS. The van der Waals surface area contributed by atoms with Crippen LogP contribution < -0.4 is 17.2 Å². The number of rotatable bonds is 1. The van der Waals surface area contributed by atoms with Gasteiger partial charge in [-0.2, -0.15) is 4.99 Å². The molecule has 1 heterocycles. The second-order valence-electron chi connectivity index (χ2n) is 3.06. The molecule has 6 N–H and O–H groups in total. The number of amides is 1. The minimum atomic E-state index is -0.555. The number of carbonyl (C=O) groups is 1. The maximum Gasteiger partial charge on any atom is 0.309 e. The number of benzene rings is 1. The average Bonchev–Trinajstić information content (AvgIpc) is 2.61. The van der Waals surface area contributed by atoms with Gasteiger partial charge in [0, 0.05) is 0 Å². The minimum absolute atomic E-state index is 0.223. The fraction of sp³-hybridized carbons (Fsp3) is 0. The number of guanidine groups is 1. The van der Waals surface area contributed by atoms with E-state index in [0.29, 0.717) is 11.2 Å². The molecule has 2 rings (SSSR count). The Balaban J connectivity index is 2.52. The summed E-state index contributed by atoms with van der Waals surface area (Å²) < 4.78 is 0.761. The van der Waals surface area contributed by atoms with Crippen molar-refractivity contribution in [3.63, 3.8) is 0 Å². The van der Waals surface area contributed by atoms with Crippen molar-refractivity contribution in [1.82, 2.24) is 4.98 Å². The topological polar surface area (TPSA) is 120 Å². The Kier molecular flexibility index (Phi) is 2.45. The number of fused-ring (bicyclic) bond motifs is 1. The van der Waals surface area contributed by atoms with Crippen LogP contribution in [0.2, 0.25) is 0 Å². The third-order valence-electron chi connectivity index (χ3n) is 1.86. The summed E-state index contributed by atoms with van der Waals surface area (Å²) in [5.74, 6) is -0.835. The number of nitrogens with two attached hydrogens (primary N) is 3. The summed E-state index contributed by atoms with van der Waals surface area (Å²) in [5.41, 5.74) is 17.2. The fourth-order valence-electron chi connectivity index (χ4n) is 1.23. The molecule has 1 aromatic heterocycles. The van der Waals surface area contributed by atoms with Gasteiger partial charge in [-0.1, -0.05) is 6.07 Å². The molecule has 1 aromatic carbocycles. The van der Waals surface area contributed by atoms with Crippen LogP contribution >= 0.6 is 11.3 Å². The van der Waals surface area contributed by atoms with Gasteiger partial charge >= 0.3 is 5.91 Å². The van der Waals surface area contributed by atoms with Crippen LogP contribution in [0.5, 0.6) is 0 Å². The first kappa shape index (κ1) is 10.4. The number of aliphatic imine (C=N–C) groups is 1. The SMILES string of the molecule is NC(N)=NC(=O)c1nc2cccc(N)c2s1. The summed E-state index contributed by atoms with van der Waals surface area (Å²) in [4.78, 5) is 19.0. The Hall–Kier alpha value is -2.15. The molecule has 0 saturated carbocycles. The van der Waals surface area contributed by atoms with Crippen molar-refractivity contribution in [3.8, 4) is 0 Å². The van der Waals surface area contributed by atoms with Crippen molar-refractivity contribution in [2.45, 2.75) is 0 Å². The number of carbonyl (C=O) groups excluding carboxylic acids is 1. The molecule has 0 aliphatic carbocycles. The number of nitrogens with zero attached hydrogens (tertiary/aromatic N) is 2. The Bertz CT molecular complexity index is 585. The predicted molar refractivity (Wildman–Crippen MR) is 64.2 cm³/mol. The molecule has 0 radical (unpaired) electrons. The summed E-state index contributed by atoms with van der Waals surface area (Å²) >= 11 is 1.17. The van der Waals surface area contributed by atoms with E-state index >= 15 is 0 Å². The molecule has 0 aliphatic heterocycles. The van der Waals surface area contributed by atoms with Gasteiger partial charge in [-0.25, -0.2) is 4.98 Å². The zero-order valence-corrected chi connectivity index (χ0v) is 8.99. The van der Waals surface area contributed by atoms with Gasteiger partial charge < -0.3 is 17.2 Å². The van der Waals surface area contributed by atoms with Crippen LogP contribution in [0.15, 0.2) is 23.2 Å². The van der Waals surface area contributed by atoms with Gasteiger partial charge in [0.25, 0.3) is 0 Å². The molecule has 6 nitrogen and oxygen atoms in total. The second-order valence-corrected chi connectivity index (χ2v) is 4.06. The van der Waals surface area contributed by atoms with Crippen molar-refractivity contribution in [1.29, 1.82) is 0 Å². The van der Waals surface area contributed by atoms with Gasteiger partial charge in [-0.05, 0) is 12.1 Å². The van der Waals surface area contributed by atoms with Gasteiger partial charge in [-0.3, -0.25) is 4.79 Å². The number of aromatic nitrogens is 1. The normalized spacial score (nSPS) is 10.2. The van der Waals surface area contributed by atoms with Crippen LogP contribution in [0.1, 0.15) is 9.80 Å². The van der Waals surface area contributed by atoms with E-state index in [0.717, 1.165) is 4.70 Å². The molecule has 16 heavy (non-hydrogen) atoms. The lowest BCUT2D eigenvalue weighted by Crippen LogP contribution is -2.24. The van der Waals surface area contributed by atoms with E-state index in [2.05, 4.69) is 9.98 Å². The molecule has 82 valence electrons. The minimum Gasteiger partial charge on any atom is -0.398 e. The summed E-state index contributed by atoms with van der Waals surface area (Å²) in [6.07, 6.45) is 0. The van der Waals surface area contributed by atoms with Gasteiger partial charge in [-0.15, -0.1) is 11.3 Å². The number of nitrogen functional groups attached to an aromatic ring is 1. The molecule has 2 aromatic rings. The average molecular weight is 235 g/mol. The lowest BCUT2D eigenvalue weighted by atomic mass is 10.3. The first-order valence-corrected chi connectivity index (χ1v) is 5.18. The summed E-state index contributed by atoms with van der Waals surface area (Å²) in [5, 5.41) is 0.223. The molecule has 0 bridgehead atoms. The standard InChI is InChI=1S/C9H9N5OS/c10-4-2-1-3-5-6(4)16-8(13-5)7(15)14-9(11)12/h1-3H,10H2,(H4,11,12,14,15). The van der Waals surface area contributed by atoms with Gasteiger partial charge in [0.2, 0.25) is 0 Å². The van der Waals surface area contributed by atoms with E-state index in [1.54, 1.807) is 18.2 Å². The highest BCUT2D eigenvalue weighted by atomic mass is 32.1. The zero-order valence-electron chi connectivity index (χ0n) is 8.18. The highest BCUT2D eigenvalue weighted by Gasteiger charge is 2.12. The predicted octanol–water partition coefficient (Wildman–Crippen LogP) is 0.292. The molecule has 0 spiro atoms. The molecule has 0 atom stereocenters. The van der Waals surface area contributed by atoms with Crippen molar-refractivity contribution >= 4 is 39.1 Å². The number of hydrogen-bond acceptors (Lipinski definition) is 4. The fourth-order valence-corrected chi connectivity index (χ4v) is 2.10. The molecule has 1 amide bonds. The van der Waals surface area contributed by atoms with Crippen molar-refractivity contribution in [2.75, 3.05) is 5.73 Å². The summed E-state index contributed by atoms with van der Waals surface area (Å²) in [6, 6.07) is 5.29. The maximum atomic E-state index is 11.5. The zero-order chi connectivity index (χ0) is 11.7. The lowest BCUT2D eigenvalue weighted by Gasteiger charge is -1.90. The van der Waals surface area contributed by atoms with Crippen LogP contribution in [0.4, 0.5) is 5.69 Å². The summed E-state index contributed by atoms with van der Waals surface area (Å²) in [7, 11) is 0. The van der Waals surface area contributed by atoms with E-state index in [-0.39, 0.29) is 11.0 Å². The van der Waals surface area contributed by atoms with Gasteiger partial charge in [0.05, 0.1) is 15.9 Å². The van der Waals surface area contributed by atoms with E-state index in [1.165, 1.54) is 11.3 Å². The van der Waals surface area contributed by atoms with Crippen molar-refractivity contribution in [3.05, 3.63) is 23.2 Å². The molecule has 0 unspecified atom stereocenters. The molecule has 0 aliphatic rings. The van der Waals surface area contributed by atoms with Crippen LogP contribution in [-0.2, 0) is 0 Å². The maximum absolute atomic E-state index is 11.5. The Morgan fingerprint density at radius 1 is 1.38 bits per heavy atom. The van der Waals surface area contributed by atoms with Gasteiger partial charge in [0.15, 0.2) is 11.0 Å². The lowest BCUT2D eigenvalue weighted by molar-refractivity contribution is 0.100. The van der Waals surface area contributed by atoms with Crippen molar-refractivity contribution in [2.24, 2.45) is 16.5 Å². The van der Waals surface area contributed by atoms with Crippen molar-refractivity contribution < 1.29 is 4.79 Å². The number of anilines is 1. The second kappa shape index (κ2) is 3.78. The quantitative estimate of drug-likeness (QED) is 0.373. The van der Waals surface area contributed by atoms with E-state index in [9.17, 15) is 4.79 Å². The number of thiazole rings is 1. The van der Waals surface area contributed by atoms with Crippen LogP contribution in [0.3, 0.4) is 0 Å². The Morgan fingerprint density at radius 3 is 2.75 bits per heavy atom.